The number of carbonyl (C=O) groups is 1. The highest BCUT2D eigenvalue weighted by Crippen LogP contribution is 2.30. The summed E-state index contributed by atoms with van der Waals surface area (Å²) in [7, 11) is 0. The summed E-state index contributed by atoms with van der Waals surface area (Å²) in [6, 6.07) is 15.2. The van der Waals surface area contributed by atoms with Gasteiger partial charge in [0.2, 0.25) is 0 Å². The van der Waals surface area contributed by atoms with Crippen LogP contribution < -0.4 is 4.74 Å². The summed E-state index contributed by atoms with van der Waals surface area (Å²) in [6.07, 6.45) is -1.30. The van der Waals surface area contributed by atoms with E-state index in [4.69, 9.17) is 9.84 Å². The van der Waals surface area contributed by atoms with Crippen molar-refractivity contribution in [1.82, 2.24) is 0 Å². The lowest BCUT2D eigenvalue weighted by atomic mass is 9.98. The van der Waals surface area contributed by atoms with Crippen molar-refractivity contribution in [1.29, 1.82) is 0 Å². The Balaban J connectivity index is 2.38. The minimum absolute atomic E-state index is 0.354. The van der Waals surface area contributed by atoms with Gasteiger partial charge in [-0.05, 0) is 23.1 Å². The molecular formula is C16H16O3. The van der Waals surface area contributed by atoms with E-state index in [1.165, 1.54) is 5.56 Å². The molecule has 0 atom stereocenters. The summed E-state index contributed by atoms with van der Waals surface area (Å²) in [6.45, 7) is 4.27. The van der Waals surface area contributed by atoms with E-state index in [1.54, 1.807) is 12.1 Å². The molecule has 0 saturated carbocycles. The van der Waals surface area contributed by atoms with Gasteiger partial charge in [0.15, 0.2) is 0 Å². The molecule has 3 nitrogen and oxygen atoms in total. The number of hydrogen-bond acceptors (Lipinski definition) is 2. The topological polar surface area (TPSA) is 46.5 Å². The molecule has 19 heavy (non-hydrogen) atoms. The third kappa shape index (κ3) is 3.13. The molecular weight excluding hydrogens is 240 g/mol. The number of carboxylic acid groups (broad SMARTS) is 1. The van der Waals surface area contributed by atoms with Crippen LogP contribution in [0.25, 0.3) is 11.1 Å². The van der Waals surface area contributed by atoms with Crippen molar-refractivity contribution in [2.75, 3.05) is 0 Å². The maximum Gasteiger partial charge on any atom is 0.511 e. The van der Waals surface area contributed by atoms with Crippen molar-refractivity contribution in [2.24, 2.45) is 0 Å². The van der Waals surface area contributed by atoms with E-state index < -0.39 is 6.16 Å². The van der Waals surface area contributed by atoms with Crippen LogP contribution in [0.3, 0.4) is 0 Å². The molecule has 2 rings (SSSR count). The van der Waals surface area contributed by atoms with Gasteiger partial charge in [0.05, 0.1) is 0 Å². The summed E-state index contributed by atoms with van der Waals surface area (Å²) >= 11 is 0. The Morgan fingerprint density at radius 2 is 1.68 bits per heavy atom. The Morgan fingerprint density at radius 3 is 2.26 bits per heavy atom. The summed E-state index contributed by atoms with van der Waals surface area (Å²) < 4.78 is 4.79. The first-order valence-corrected chi connectivity index (χ1v) is 6.18. The van der Waals surface area contributed by atoms with Gasteiger partial charge in [0.1, 0.15) is 5.75 Å². The van der Waals surface area contributed by atoms with E-state index in [1.807, 2.05) is 24.3 Å². The minimum atomic E-state index is -1.30. The van der Waals surface area contributed by atoms with E-state index in [2.05, 4.69) is 26.0 Å². The lowest BCUT2D eigenvalue weighted by molar-refractivity contribution is 0.144. The fraction of sp³-hybridized carbons (Fsp3) is 0.188. The van der Waals surface area contributed by atoms with E-state index in [-0.39, 0.29) is 0 Å². The molecule has 0 fully saturated rings. The molecule has 0 saturated heterocycles. The molecule has 2 aromatic rings. The summed E-state index contributed by atoms with van der Waals surface area (Å²) in [4.78, 5) is 10.7. The first-order chi connectivity index (χ1) is 9.08. The summed E-state index contributed by atoms with van der Waals surface area (Å²) in [5.41, 5.74) is 2.97. The largest absolute Gasteiger partial charge is 0.511 e. The lowest BCUT2D eigenvalue weighted by Gasteiger charge is -2.10. The SMILES string of the molecule is CC(C)c1ccc(-c2ccccc2OC(=O)O)cc1. The highest BCUT2D eigenvalue weighted by atomic mass is 16.7. The maximum absolute atomic E-state index is 10.7. The van der Waals surface area contributed by atoms with Crippen molar-refractivity contribution in [3.63, 3.8) is 0 Å². The summed E-state index contributed by atoms with van der Waals surface area (Å²) in [5, 5.41) is 8.73. The van der Waals surface area contributed by atoms with Crippen LogP contribution >= 0.6 is 0 Å². The van der Waals surface area contributed by atoms with Crippen molar-refractivity contribution in [3.8, 4) is 16.9 Å². The Labute approximate surface area is 112 Å². The molecule has 0 aliphatic carbocycles. The monoisotopic (exact) mass is 256 g/mol. The van der Waals surface area contributed by atoms with Crippen LogP contribution in [-0.2, 0) is 0 Å². The second-order valence-corrected chi connectivity index (χ2v) is 4.64. The van der Waals surface area contributed by atoms with Crippen LogP contribution in [0.5, 0.6) is 5.75 Å². The molecule has 0 bridgehead atoms. The van der Waals surface area contributed by atoms with Crippen LogP contribution in [0.4, 0.5) is 4.79 Å². The van der Waals surface area contributed by atoms with E-state index in [0.717, 1.165) is 11.1 Å². The van der Waals surface area contributed by atoms with Crippen LogP contribution in [0.2, 0.25) is 0 Å². The standard InChI is InChI=1S/C16H16O3/c1-11(2)12-7-9-13(10-8-12)14-5-3-4-6-15(14)19-16(17)18/h3-11H,1-2H3,(H,17,18). The first kappa shape index (κ1) is 13.1. The molecule has 0 aliphatic heterocycles. The van der Waals surface area contributed by atoms with Crippen molar-refractivity contribution in [3.05, 3.63) is 54.1 Å². The summed E-state index contributed by atoms with van der Waals surface area (Å²) in [5.74, 6) is 0.826. The third-order valence-electron chi connectivity index (χ3n) is 2.97. The lowest BCUT2D eigenvalue weighted by Crippen LogP contribution is -2.03. The van der Waals surface area contributed by atoms with E-state index >= 15 is 0 Å². The second kappa shape index (κ2) is 5.57. The Morgan fingerprint density at radius 1 is 1.05 bits per heavy atom. The van der Waals surface area contributed by atoms with Gasteiger partial charge >= 0.3 is 6.16 Å². The predicted octanol–water partition coefficient (Wildman–Crippen LogP) is 4.53. The molecule has 0 aromatic heterocycles. The molecule has 0 unspecified atom stereocenters. The fourth-order valence-electron chi connectivity index (χ4n) is 1.94. The van der Waals surface area contributed by atoms with E-state index in [9.17, 15) is 4.79 Å². The van der Waals surface area contributed by atoms with Gasteiger partial charge in [0.25, 0.3) is 0 Å². The average molecular weight is 256 g/mol. The minimum Gasteiger partial charge on any atom is -0.449 e. The molecule has 2 aromatic carbocycles. The number of hydrogen-bond donors (Lipinski definition) is 1. The molecule has 0 heterocycles. The molecule has 0 spiro atoms. The number of benzene rings is 2. The Hall–Kier alpha value is -2.29. The van der Waals surface area contributed by atoms with Crippen LogP contribution in [-0.4, -0.2) is 11.3 Å². The Kier molecular flexibility index (Phi) is 3.85. The zero-order valence-electron chi connectivity index (χ0n) is 11.0. The quantitative estimate of drug-likeness (QED) is 0.648. The first-order valence-electron chi connectivity index (χ1n) is 6.18. The molecule has 0 aliphatic rings. The molecule has 0 radical (unpaired) electrons. The van der Waals surface area contributed by atoms with Gasteiger partial charge < -0.3 is 9.84 Å². The van der Waals surface area contributed by atoms with Gasteiger partial charge in [0, 0.05) is 5.56 Å². The number of rotatable bonds is 3. The van der Waals surface area contributed by atoms with Gasteiger partial charge in [-0.2, -0.15) is 0 Å². The molecule has 98 valence electrons. The maximum atomic E-state index is 10.7. The molecule has 1 N–H and O–H groups in total. The molecule has 0 amide bonds. The van der Waals surface area contributed by atoms with Crippen LogP contribution in [0.15, 0.2) is 48.5 Å². The zero-order chi connectivity index (χ0) is 13.8. The van der Waals surface area contributed by atoms with Gasteiger partial charge in [-0.15, -0.1) is 0 Å². The number of para-hydroxylation sites is 1. The number of ether oxygens (including phenoxy) is 1. The highest BCUT2D eigenvalue weighted by Gasteiger charge is 2.09. The predicted molar refractivity (Wildman–Crippen MR) is 74.6 cm³/mol. The average Bonchev–Trinajstić information content (AvgIpc) is 2.39. The molecule has 3 heteroatoms. The zero-order valence-corrected chi connectivity index (χ0v) is 11.0. The van der Waals surface area contributed by atoms with Gasteiger partial charge in [-0.25, -0.2) is 4.79 Å². The third-order valence-corrected chi connectivity index (χ3v) is 2.97. The van der Waals surface area contributed by atoms with Gasteiger partial charge in [-0.1, -0.05) is 56.3 Å². The van der Waals surface area contributed by atoms with Crippen molar-refractivity contribution < 1.29 is 14.6 Å². The normalized spacial score (nSPS) is 10.5. The fourth-order valence-corrected chi connectivity index (χ4v) is 1.94. The van der Waals surface area contributed by atoms with Crippen LogP contribution in [0, 0.1) is 0 Å². The highest BCUT2D eigenvalue weighted by molar-refractivity contribution is 5.74. The Bertz CT molecular complexity index is 571. The van der Waals surface area contributed by atoms with Crippen molar-refractivity contribution >= 4 is 6.16 Å². The van der Waals surface area contributed by atoms with E-state index in [0.29, 0.717) is 11.7 Å². The van der Waals surface area contributed by atoms with Crippen LogP contribution in [0.1, 0.15) is 25.3 Å². The van der Waals surface area contributed by atoms with Crippen molar-refractivity contribution in [2.45, 2.75) is 19.8 Å². The smallest absolute Gasteiger partial charge is 0.449 e. The van der Waals surface area contributed by atoms with Gasteiger partial charge in [-0.3, -0.25) is 0 Å². The second-order valence-electron chi connectivity index (χ2n) is 4.64.